The van der Waals surface area contributed by atoms with Crippen molar-refractivity contribution in [1.29, 1.82) is 0 Å². The summed E-state index contributed by atoms with van der Waals surface area (Å²) in [6.07, 6.45) is 3.64. The molecule has 104 valence electrons. The Labute approximate surface area is 118 Å². The second kappa shape index (κ2) is 5.88. The van der Waals surface area contributed by atoms with Crippen molar-refractivity contribution < 1.29 is 5.11 Å². The first-order chi connectivity index (χ1) is 8.97. The third kappa shape index (κ3) is 3.45. The van der Waals surface area contributed by atoms with E-state index in [0.717, 1.165) is 17.8 Å². The number of thiazole rings is 1. The summed E-state index contributed by atoms with van der Waals surface area (Å²) in [6, 6.07) is 1.99. The summed E-state index contributed by atoms with van der Waals surface area (Å²) in [7, 11) is 0. The highest BCUT2D eigenvalue weighted by molar-refractivity contribution is 7.09. The summed E-state index contributed by atoms with van der Waals surface area (Å²) < 4.78 is 2.08. The molecule has 0 radical (unpaired) electrons. The SMILES string of the molecule is CC(C)c1nc(Cn2ccc(C(O)C(C)C)c2)cs1. The van der Waals surface area contributed by atoms with Gasteiger partial charge >= 0.3 is 0 Å². The molecule has 4 heteroatoms. The maximum Gasteiger partial charge on any atom is 0.0954 e. The molecule has 19 heavy (non-hydrogen) atoms. The fraction of sp³-hybridized carbons (Fsp3) is 0.533. The van der Waals surface area contributed by atoms with E-state index in [1.54, 1.807) is 11.3 Å². The van der Waals surface area contributed by atoms with E-state index in [2.05, 4.69) is 28.8 Å². The lowest BCUT2D eigenvalue weighted by atomic mass is 10.0. The van der Waals surface area contributed by atoms with Crippen molar-refractivity contribution in [2.24, 2.45) is 5.92 Å². The van der Waals surface area contributed by atoms with Crippen molar-refractivity contribution in [3.8, 4) is 0 Å². The molecule has 0 aliphatic carbocycles. The lowest BCUT2D eigenvalue weighted by molar-refractivity contribution is 0.127. The van der Waals surface area contributed by atoms with Crippen molar-refractivity contribution in [2.75, 3.05) is 0 Å². The van der Waals surface area contributed by atoms with Gasteiger partial charge in [-0.25, -0.2) is 4.98 Å². The molecule has 0 spiro atoms. The van der Waals surface area contributed by atoms with Crippen LogP contribution in [0.1, 0.15) is 56.0 Å². The number of aliphatic hydroxyl groups excluding tert-OH is 1. The predicted molar refractivity (Wildman–Crippen MR) is 79.5 cm³/mol. The zero-order valence-electron chi connectivity index (χ0n) is 12.0. The van der Waals surface area contributed by atoms with Crippen molar-refractivity contribution in [3.63, 3.8) is 0 Å². The maximum atomic E-state index is 10.0. The molecule has 1 unspecified atom stereocenters. The molecule has 0 amide bonds. The normalized spacial score (nSPS) is 13.4. The molecule has 2 heterocycles. The predicted octanol–water partition coefficient (Wildman–Crippen LogP) is 3.81. The van der Waals surface area contributed by atoms with E-state index in [4.69, 9.17) is 0 Å². The van der Waals surface area contributed by atoms with Crippen molar-refractivity contribution in [2.45, 2.75) is 46.3 Å². The van der Waals surface area contributed by atoms with Gasteiger partial charge in [0, 0.05) is 23.7 Å². The Bertz CT molecular complexity index is 528. The average Bonchev–Trinajstić information content (AvgIpc) is 2.97. The monoisotopic (exact) mass is 278 g/mol. The molecule has 0 saturated heterocycles. The summed E-state index contributed by atoms with van der Waals surface area (Å²) in [6.45, 7) is 9.15. The van der Waals surface area contributed by atoms with Crippen LogP contribution in [-0.2, 0) is 6.54 Å². The number of hydrogen-bond donors (Lipinski definition) is 1. The van der Waals surface area contributed by atoms with E-state index < -0.39 is 0 Å². The minimum absolute atomic E-state index is 0.239. The van der Waals surface area contributed by atoms with Gasteiger partial charge in [0.25, 0.3) is 0 Å². The first-order valence-corrected chi connectivity index (χ1v) is 7.63. The first kappa shape index (κ1) is 14.3. The summed E-state index contributed by atoms with van der Waals surface area (Å²) in [5.74, 6) is 0.726. The van der Waals surface area contributed by atoms with Crippen molar-refractivity contribution in [1.82, 2.24) is 9.55 Å². The molecule has 2 rings (SSSR count). The fourth-order valence-electron chi connectivity index (χ4n) is 1.97. The van der Waals surface area contributed by atoms with Gasteiger partial charge in [-0.15, -0.1) is 11.3 Å². The fourth-order valence-corrected chi connectivity index (χ4v) is 2.79. The van der Waals surface area contributed by atoms with E-state index in [1.165, 1.54) is 5.01 Å². The smallest absolute Gasteiger partial charge is 0.0954 e. The molecule has 0 bridgehead atoms. The second-order valence-electron chi connectivity index (χ2n) is 5.64. The number of aromatic nitrogens is 2. The minimum atomic E-state index is -0.386. The Balaban J connectivity index is 2.07. The Kier molecular flexibility index (Phi) is 4.42. The van der Waals surface area contributed by atoms with Gasteiger partial charge in [-0.05, 0) is 17.5 Å². The van der Waals surface area contributed by atoms with Crippen LogP contribution in [-0.4, -0.2) is 14.7 Å². The highest BCUT2D eigenvalue weighted by Gasteiger charge is 2.13. The van der Waals surface area contributed by atoms with Gasteiger partial charge in [0.2, 0.25) is 0 Å². The van der Waals surface area contributed by atoms with Crippen LogP contribution in [0, 0.1) is 5.92 Å². The number of rotatable bonds is 5. The minimum Gasteiger partial charge on any atom is -0.388 e. The molecule has 0 saturated carbocycles. The van der Waals surface area contributed by atoms with Crippen molar-refractivity contribution in [3.05, 3.63) is 40.1 Å². The molecule has 2 aromatic rings. The van der Waals surface area contributed by atoms with Crippen molar-refractivity contribution >= 4 is 11.3 Å². The molecule has 0 aliphatic heterocycles. The standard InChI is InChI=1S/C15H22N2OS/c1-10(2)14(18)12-5-6-17(7-12)8-13-9-19-15(16-13)11(3)4/h5-7,9-11,14,18H,8H2,1-4H3. The van der Waals surface area contributed by atoms with Crippen LogP contribution in [0.3, 0.4) is 0 Å². The van der Waals surface area contributed by atoms with Crippen LogP contribution < -0.4 is 0 Å². The lowest BCUT2D eigenvalue weighted by Crippen LogP contribution is -2.04. The van der Waals surface area contributed by atoms with Crippen LogP contribution in [0.15, 0.2) is 23.8 Å². The van der Waals surface area contributed by atoms with E-state index in [1.807, 2.05) is 32.3 Å². The zero-order chi connectivity index (χ0) is 14.0. The van der Waals surface area contributed by atoms with Crippen LogP contribution >= 0.6 is 11.3 Å². The van der Waals surface area contributed by atoms with E-state index >= 15 is 0 Å². The van der Waals surface area contributed by atoms with E-state index in [0.29, 0.717) is 5.92 Å². The van der Waals surface area contributed by atoms with E-state index in [-0.39, 0.29) is 12.0 Å². The summed E-state index contributed by atoms with van der Waals surface area (Å²) in [5.41, 5.74) is 2.07. The van der Waals surface area contributed by atoms with E-state index in [9.17, 15) is 5.11 Å². The van der Waals surface area contributed by atoms with Crippen LogP contribution in [0.2, 0.25) is 0 Å². The first-order valence-electron chi connectivity index (χ1n) is 6.75. The van der Waals surface area contributed by atoms with Gasteiger partial charge in [0.1, 0.15) is 0 Å². The molecule has 1 atom stereocenters. The summed E-state index contributed by atoms with van der Waals surface area (Å²) in [5, 5.41) is 13.3. The molecule has 1 N–H and O–H groups in total. The maximum absolute atomic E-state index is 10.0. The van der Waals surface area contributed by atoms with Gasteiger partial charge < -0.3 is 9.67 Å². The zero-order valence-corrected chi connectivity index (χ0v) is 12.8. The van der Waals surface area contributed by atoms with Gasteiger partial charge in [-0.2, -0.15) is 0 Å². The lowest BCUT2D eigenvalue weighted by Gasteiger charge is -2.12. The molecule has 2 aromatic heterocycles. The highest BCUT2D eigenvalue weighted by atomic mass is 32.1. The third-order valence-electron chi connectivity index (χ3n) is 3.15. The van der Waals surface area contributed by atoms with Gasteiger partial charge in [0.05, 0.1) is 23.4 Å². The Hall–Kier alpha value is -1.13. The second-order valence-corrected chi connectivity index (χ2v) is 6.53. The van der Waals surface area contributed by atoms with Crippen LogP contribution in [0.25, 0.3) is 0 Å². The number of aliphatic hydroxyl groups is 1. The average molecular weight is 278 g/mol. The van der Waals surface area contributed by atoms with Gasteiger partial charge in [0.15, 0.2) is 0 Å². The Morgan fingerprint density at radius 2 is 2.05 bits per heavy atom. The molecule has 0 aliphatic rings. The summed E-state index contributed by atoms with van der Waals surface area (Å²) >= 11 is 1.72. The summed E-state index contributed by atoms with van der Waals surface area (Å²) in [4.78, 5) is 4.63. The third-order valence-corrected chi connectivity index (χ3v) is 4.35. The molecule has 0 fully saturated rings. The van der Waals surface area contributed by atoms with Gasteiger partial charge in [-0.3, -0.25) is 0 Å². The topological polar surface area (TPSA) is 38.0 Å². The molecule has 0 aromatic carbocycles. The molecular formula is C15H22N2OS. The Morgan fingerprint density at radius 1 is 1.32 bits per heavy atom. The quantitative estimate of drug-likeness (QED) is 0.903. The largest absolute Gasteiger partial charge is 0.388 e. The Morgan fingerprint density at radius 3 is 2.63 bits per heavy atom. The van der Waals surface area contributed by atoms with Crippen LogP contribution in [0.4, 0.5) is 0 Å². The number of nitrogens with zero attached hydrogens (tertiary/aromatic N) is 2. The van der Waals surface area contributed by atoms with Crippen LogP contribution in [0.5, 0.6) is 0 Å². The number of hydrogen-bond acceptors (Lipinski definition) is 3. The van der Waals surface area contributed by atoms with Gasteiger partial charge in [-0.1, -0.05) is 27.7 Å². The highest BCUT2D eigenvalue weighted by Crippen LogP contribution is 2.23. The molecular weight excluding hydrogens is 256 g/mol. The molecule has 3 nitrogen and oxygen atoms in total.